The van der Waals surface area contributed by atoms with Crippen molar-refractivity contribution in [1.29, 1.82) is 0 Å². The van der Waals surface area contributed by atoms with E-state index in [1.54, 1.807) is 24.3 Å². The Kier molecular flexibility index (Phi) is 7.84. The van der Waals surface area contributed by atoms with Gasteiger partial charge in [-0.25, -0.2) is 4.79 Å². The normalized spacial score (nSPS) is 10.6. The predicted octanol–water partition coefficient (Wildman–Crippen LogP) is 4.09. The molecule has 9 heteroatoms. The van der Waals surface area contributed by atoms with Crippen molar-refractivity contribution in [2.45, 2.75) is 13.5 Å². The number of aromatic carboxylic acids is 1. The van der Waals surface area contributed by atoms with E-state index < -0.39 is 5.97 Å². The monoisotopic (exact) mass is 425 g/mol. The number of hydrazone groups is 1. The van der Waals surface area contributed by atoms with Crippen LogP contribution in [0.2, 0.25) is 10.0 Å². The number of benzene rings is 2. The third-order valence-electron chi connectivity index (χ3n) is 3.32. The first-order valence-electron chi connectivity index (χ1n) is 7.91. The lowest BCUT2D eigenvalue weighted by Crippen LogP contribution is -2.31. The molecule has 142 valence electrons. The molecule has 0 saturated carbocycles. The Bertz CT molecular complexity index is 834. The van der Waals surface area contributed by atoms with Crippen LogP contribution >= 0.6 is 35.4 Å². The van der Waals surface area contributed by atoms with Gasteiger partial charge in [0.05, 0.1) is 21.8 Å². The Balaban J connectivity index is 2.02. The zero-order chi connectivity index (χ0) is 19.8. The summed E-state index contributed by atoms with van der Waals surface area (Å²) in [7, 11) is 0. The highest BCUT2D eigenvalue weighted by Crippen LogP contribution is 2.34. The van der Waals surface area contributed by atoms with Crippen LogP contribution in [-0.2, 0) is 6.61 Å². The highest BCUT2D eigenvalue weighted by Gasteiger charge is 2.10. The van der Waals surface area contributed by atoms with Crippen LogP contribution in [0.3, 0.4) is 0 Å². The van der Waals surface area contributed by atoms with Crippen molar-refractivity contribution in [3.63, 3.8) is 0 Å². The van der Waals surface area contributed by atoms with Gasteiger partial charge < -0.3 is 15.2 Å². The second-order valence-corrected chi connectivity index (χ2v) is 6.56. The van der Waals surface area contributed by atoms with Gasteiger partial charge in [-0.15, -0.1) is 0 Å². The molecule has 2 aromatic carbocycles. The summed E-state index contributed by atoms with van der Waals surface area (Å²) in [5.74, 6) is -0.638. The van der Waals surface area contributed by atoms with Crippen LogP contribution < -0.4 is 15.5 Å². The molecule has 3 N–H and O–H groups in total. The maximum Gasteiger partial charge on any atom is 0.335 e. The molecule has 0 fully saturated rings. The highest BCUT2D eigenvalue weighted by atomic mass is 35.5. The molecule has 0 radical (unpaired) electrons. The van der Waals surface area contributed by atoms with Gasteiger partial charge in [-0.1, -0.05) is 35.3 Å². The average Bonchev–Trinajstić information content (AvgIpc) is 2.61. The van der Waals surface area contributed by atoms with Crippen LogP contribution in [0, 0.1) is 0 Å². The fourth-order valence-corrected chi connectivity index (χ4v) is 2.87. The fraction of sp³-hybridized carbons (Fsp3) is 0.167. The molecule has 0 aliphatic rings. The lowest BCUT2D eigenvalue weighted by Gasteiger charge is -2.11. The minimum absolute atomic E-state index is 0.200. The van der Waals surface area contributed by atoms with Crippen molar-refractivity contribution in [3.05, 3.63) is 63.1 Å². The highest BCUT2D eigenvalue weighted by molar-refractivity contribution is 7.80. The second-order valence-electron chi connectivity index (χ2n) is 5.33. The topological polar surface area (TPSA) is 83.0 Å². The zero-order valence-corrected chi connectivity index (χ0v) is 16.7. The fourth-order valence-electron chi connectivity index (χ4n) is 2.06. The Hall–Kier alpha value is -2.35. The minimum Gasteiger partial charge on any atom is -0.486 e. The van der Waals surface area contributed by atoms with E-state index in [9.17, 15) is 4.79 Å². The summed E-state index contributed by atoms with van der Waals surface area (Å²) in [6.07, 6.45) is 1.54. The van der Waals surface area contributed by atoms with Crippen molar-refractivity contribution in [1.82, 2.24) is 10.7 Å². The van der Waals surface area contributed by atoms with Crippen molar-refractivity contribution in [2.75, 3.05) is 6.54 Å². The standard InChI is InChI=1S/C18H17Cl2N3O3S/c1-2-21-18(27)23-22-9-12-7-14(19)16(15(20)8-12)26-10-11-3-5-13(6-4-11)17(24)25/h3-9H,2,10H2,1H3,(H,24,25)(H2,21,23,27). The summed E-state index contributed by atoms with van der Waals surface area (Å²) in [6, 6.07) is 9.69. The van der Waals surface area contributed by atoms with Gasteiger partial charge in [0.15, 0.2) is 10.9 Å². The molecule has 0 amide bonds. The van der Waals surface area contributed by atoms with Crippen LogP contribution in [0.1, 0.15) is 28.4 Å². The SMILES string of the molecule is CCNC(=S)NN=Cc1cc(Cl)c(OCc2ccc(C(=O)O)cc2)c(Cl)c1. The number of carbonyl (C=O) groups is 1. The number of hydrogen-bond acceptors (Lipinski definition) is 4. The molecule has 0 aliphatic heterocycles. The van der Waals surface area contributed by atoms with E-state index in [-0.39, 0.29) is 12.2 Å². The number of halogens is 2. The number of rotatable bonds is 7. The molecule has 2 rings (SSSR count). The van der Waals surface area contributed by atoms with Crippen molar-refractivity contribution in [2.24, 2.45) is 5.10 Å². The first-order chi connectivity index (χ1) is 12.9. The number of hydrogen-bond donors (Lipinski definition) is 3. The van der Waals surface area contributed by atoms with Gasteiger partial charge in [-0.05, 0) is 54.5 Å². The second kappa shape index (κ2) is 10.1. The van der Waals surface area contributed by atoms with Crippen LogP contribution in [0.4, 0.5) is 0 Å². The zero-order valence-electron chi connectivity index (χ0n) is 14.3. The van der Waals surface area contributed by atoms with Crippen molar-refractivity contribution < 1.29 is 14.6 Å². The molecule has 6 nitrogen and oxygen atoms in total. The third-order valence-corrected chi connectivity index (χ3v) is 4.12. The summed E-state index contributed by atoms with van der Waals surface area (Å²) in [5.41, 5.74) is 4.35. The van der Waals surface area contributed by atoms with Gasteiger partial charge in [-0.2, -0.15) is 5.10 Å². The van der Waals surface area contributed by atoms with Crippen LogP contribution in [0.25, 0.3) is 0 Å². The van der Waals surface area contributed by atoms with E-state index in [0.29, 0.717) is 33.0 Å². The number of nitrogens with zero attached hydrogens (tertiary/aromatic N) is 1. The molecule has 0 bridgehead atoms. The smallest absolute Gasteiger partial charge is 0.335 e. The van der Waals surface area contributed by atoms with E-state index in [4.69, 9.17) is 45.3 Å². The van der Waals surface area contributed by atoms with Gasteiger partial charge in [0.25, 0.3) is 0 Å². The van der Waals surface area contributed by atoms with E-state index in [0.717, 1.165) is 5.56 Å². The average molecular weight is 426 g/mol. The van der Waals surface area contributed by atoms with Gasteiger partial charge in [-0.3, -0.25) is 5.43 Å². The molecular formula is C18H17Cl2N3O3S. The summed E-state index contributed by atoms with van der Waals surface area (Å²) in [4.78, 5) is 10.9. The Morgan fingerprint density at radius 1 is 1.26 bits per heavy atom. The number of nitrogens with one attached hydrogen (secondary N) is 2. The Labute approximate surface area is 172 Å². The van der Waals surface area contributed by atoms with Crippen LogP contribution in [0.5, 0.6) is 5.75 Å². The van der Waals surface area contributed by atoms with Crippen LogP contribution in [0.15, 0.2) is 41.5 Å². The maximum atomic E-state index is 10.9. The van der Waals surface area contributed by atoms with Gasteiger partial charge in [0.2, 0.25) is 0 Å². The molecule has 2 aromatic rings. The van der Waals surface area contributed by atoms with Gasteiger partial charge in [0.1, 0.15) is 6.61 Å². The quantitative estimate of drug-likeness (QED) is 0.352. The number of thiocarbonyl (C=S) groups is 1. The molecule has 0 atom stereocenters. The summed E-state index contributed by atoms with van der Waals surface area (Å²) in [5, 5.41) is 16.9. The molecule has 0 aliphatic carbocycles. The Morgan fingerprint density at radius 2 is 1.89 bits per heavy atom. The molecule has 27 heavy (non-hydrogen) atoms. The predicted molar refractivity (Wildman–Crippen MR) is 111 cm³/mol. The first kappa shape index (κ1) is 21.0. The molecule has 0 spiro atoms. The van der Waals surface area contributed by atoms with Crippen LogP contribution in [-0.4, -0.2) is 28.9 Å². The first-order valence-corrected chi connectivity index (χ1v) is 9.08. The summed E-state index contributed by atoms with van der Waals surface area (Å²) < 4.78 is 5.68. The molecule has 0 aromatic heterocycles. The summed E-state index contributed by atoms with van der Waals surface area (Å²) in [6.45, 7) is 2.83. The molecule has 0 heterocycles. The number of carboxylic acid groups (broad SMARTS) is 1. The number of ether oxygens (including phenoxy) is 1. The molecule has 0 unspecified atom stereocenters. The van der Waals surface area contributed by atoms with Crippen molar-refractivity contribution in [3.8, 4) is 5.75 Å². The van der Waals surface area contributed by atoms with Gasteiger partial charge in [0, 0.05) is 6.54 Å². The summed E-state index contributed by atoms with van der Waals surface area (Å²) >= 11 is 17.5. The molecule has 0 saturated heterocycles. The van der Waals surface area contributed by atoms with E-state index in [2.05, 4.69) is 15.8 Å². The van der Waals surface area contributed by atoms with E-state index in [1.807, 2.05) is 6.92 Å². The van der Waals surface area contributed by atoms with Gasteiger partial charge >= 0.3 is 5.97 Å². The largest absolute Gasteiger partial charge is 0.486 e. The minimum atomic E-state index is -0.980. The van der Waals surface area contributed by atoms with E-state index in [1.165, 1.54) is 18.3 Å². The lowest BCUT2D eigenvalue weighted by atomic mass is 10.1. The lowest BCUT2D eigenvalue weighted by molar-refractivity contribution is 0.0697. The third kappa shape index (κ3) is 6.39. The van der Waals surface area contributed by atoms with Crippen molar-refractivity contribution >= 4 is 52.7 Å². The number of carboxylic acids is 1. The van der Waals surface area contributed by atoms with E-state index >= 15 is 0 Å². The Morgan fingerprint density at radius 3 is 2.44 bits per heavy atom. The maximum absolute atomic E-state index is 10.9. The molecular weight excluding hydrogens is 409 g/mol.